The van der Waals surface area contributed by atoms with E-state index in [4.69, 9.17) is 9.97 Å². The Balaban J connectivity index is 1.44. The molecule has 2 aromatic heterocycles. The van der Waals surface area contributed by atoms with Gasteiger partial charge in [0.25, 0.3) is 0 Å². The topological polar surface area (TPSA) is 29.0 Å². The molecule has 1 aliphatic rings. The van der Waals surface area contributed by atoms with Crippen LogP contribution in [-0.2, 0) is 5.41 Å². The number of hydrogen-bond donors (Lipinski definition) is 1. The summed E-state index contributed by atoms with van der Waals surface area (Å²) in [7, 11) is 0. The van der Waals surface area contributed by atoms with Gasteiger partial charge in [-0.2, -0.15) is 0 Å². The van der Waals surface area contributed by atoms with Gasteiger partial charge in [0.15, 0.2) is 0 Å². The monoisotopic (exact) mass is 521 g/mol. The summed E-state index contributed by atoms with van der Waals surface area (Å²) in [5.74, 6) is 0.891. The number of rotatable bonds is 3. The summed E-state index contributed by atoms with van der Waals surface area (Å²) in [5.41, 5.74) is 9.84. The molecule has 0 amide bonds. The highest BCUT2D eigenvalue weighted by Gasteiger charge is 2.37. The van der Waals surface area contributed by atoms with Gasteiger partial charge in [0.2, 0.25) is 0 Å². The van der Waals surface area contributed by atoms with E-state index in [1.165, 1.54) is 16.7 Å². The van der Waals surface area contributed by atoms with Crippen LogP contribution in [0.4, 0.5) is 17.2 Å². The second-order valence-corrected chi connectivity index (χ2v) is 11.0. The molecule has 7 rings (SSSR count). The highest BCUT2D eigenvalue weighted by molar-refractivity contribution is 7.80. The van der Waals surface area contributed by atoms with E-state index in [0.29, 0.717) is 0 Å². The molecular formula is C35H27N3S. The van der Waals surface area contributed by atoms with Crippen LogP contribution in [0.2, 0.25) is 0 Å². The Bertz CT molecular complexity index is 1860. The van der Waals surface area contributed by atoms with Crippen molar-refractivity contribution in [3.8, 4) is 22.4 Å². The number of benzene rings is 4. The molecular weight excluding hydrogens is 494 g/mol. The molecule has 0 unspecified atom stereocenters. The minimum Gasteiger partial charge on any atom is -0.294 e. The average molecular weight is 522 g/mol. The lowest BCUT2D eigenvalue weighted by molar-refractivity contribution is 0.631. The lowest BCUT2D eigenvalue weighted by Crippen LogP contribution is -2.31. The number of anilines is 3. The van der Waals surface area contributed by atoms with Gasteiger partial charge in [0.05, 0.1) is 22.6 Å². The zero-order valence-corrected chi connectivity index (χ0v) is 22.7. The van der Waals surface area contributed by atoms with Crippen LogP contribution in [0.15, 0.2) is 126 Å². The molecule has 3 nitrogen and oxygen atoms in total. The third-order valence-electron chi connectivity index (χ3n) is 7.81. The molecule has 0 aliphatic carbocycles. The van der Waals surface area contributed by atoms with Gasteiger partial charge >= 0.3 is 0 Å². The van der Waals surface area contributed by atoms with E-state index in [2.05, 4.69) is 128 Å². The number of nitrogens with zero attached hydrogens (tertiary/aromatic N) is 3. The quantitative estimate of drug-likeness (QED) is 0.235. The van der Waals surface area contributed by atoms with Gasteiger partial charge in [-0.25, -0.2) is 9.97 Å². The van der Waals surface area contributed by atoms with E-state index >= 15 is 0 Å². The van der Waals surface area contributed by atoms with Crippen molar-refractivity contribution in [2.75, 3.05) is 4.90 Å². The molecule has 4 heteroatoms. The lowest BCUT2D eigenvalue weighted by atomic mass is 9.73. The van der Waals surface area contributed by atoms with Crippen LogP contribution in [0.3, 0.4) is 0 Å². The van der Waals surface area contributed by atoms with E-state index in [9.17, 15) is 0 Å². The highest BCUT2D eigenvalue weighted by Crippen LogP contribution is 2.52. The van der Waals surface area contributed by atoms with E-state index in [-0.39, 0.29) is 5.41 Å². The summed E-state index contributed by atoms with van der Waals surface area (Å²) in [6, 6.07) is 40.4. The fourth-order valence-electron chi connectivity index (χ4n) is 5.77. The van der Waals surface area contributed by atoms with Gasteiger partial charge in [-0.1, -0.05) is 92.7 Å². The Morgan fingerprint density at radius 2 is 1.44 bits per heavy atom. The van der Waals surface area contributed by atoms with E-state index < -0.39 is 0 Å². The first kappa shape index (κ1) is 23.7. The Morgan fingerprint density at radius 1 is 0.641 bits per heavy atom. The van der Waals surface area contributed by atoms with Crippen LogP contribution in [0.1, 0.15) is 25.0 Å². The highest BCUT2D eigenvalue weighted by atomic mass is 32.1. The van der Waals surface area contributed by atoms with Crippen molar-refractivity contribution in [3.63, 3.8) is 0 Å². The first-order valence-electron chi connectivity index (χ1n) is 13.2. The Morgan fingerprint density at radius 3 is 2.31 bits per heavy atom. The maximum atomic E-state index is 5.02. The Labute approximate surface area is 234 Å². The van der Waals surface area contributed by atoms with Crippen LogP contribution < -0.4 is 4.90 Å². The van der Waals surface area contributed by atoms with Gasteiger partial charge in [-0.3, -0.25) is 4.90 Å². The zero-order chi connectivity index (χ0) is 26.6. The van der Waals surface area contributed by atoms with Gasteiger partial charge in [-0.15, -0.1) is 12.6 Å². The number of hydrogen-bond acceptors (Lipinski definition) is 4. The fraction of sp³-hybridized carbons (Fsp3) is 0.0857. The van der Waals surface area contributed by atoms with Crippen LogP contribution in [0.25, 0.3) is 33.3 Å². The summed E-state index contributed by atoms with van der Waals surface area (Å²) in [5, 5.41) is 1.09. The molecule has 4 aromatic carbocycles. The Kier molecular flexibility index (Phi) is 5.53. The number of aromatic nitrogens is 2. The van der Waals surface area contributed by atoms with Crippen LogP contribution in [0, 0.1) is 0 Å². The summed E-state index contributed by atoms with van der Waals surface area (Å²) >= 11 is 4.67. The maximum absolute atomic E-state index is 5.02. The zero-order valence-electron chi connectivity index (χ0n) is 21.8. The van der Waals surface area contributed by atoms with Gasteiger partial charge in [-0.05, 0) is 58.7 Å². The molecule has 1 aliphatic heterocycles. The van der Waals surface area contributed by atoms with Gasteiger partial charge in [0, 0.05) is 27.5 Å². The summed E-state index contributed by atoms with van der Waals surface area (Å²) in [6.45, 7) is 4.61. The second-order valence-electron chi connectivity index (χ2n) is 10.5. The van der Waals surface area contributed by atoms with E-state index in [1.54, 1.807) is 0 Å². The first-order chi connectivity index (χ1) is 19.0. The molecule has 3 heterocycles. The standard InChI is InChI=1S/C35H27N3S/c1-35(2)27-12-6-7-13-30(27)38(33-22-25(19-20-36-33)23-9-4-3-5-10-23)31-21-26(15-17-28(31)35)29-18-16-24-11-8-14-32(39)34(24)37-29/h3-22,39H,1-2H3. The minimum absolute atomic E-state index is 0.174. The van der Waals surface area contributed by atoms with Crippen molar-refractivity contribution in [2.24, 2.45) is 0 Å². The molecule has 188 valence electrons. The molecule has 0 radical (unpaired) electrons. The third-order valence-corrected chi connectivity index (χ3v) is 8.17. The number of thiol groups is 1. The predicted molar refractivity (Wildman–Crippen MR) is 164 cm³/mol. The normalized spacial score (nSPS) is 13.7. The second kappa shape index (κ2) is 9.11. The van der Waals surface area contributed by atoms with E-state index in [0.717, 1.165) is 49.8 Å². The summed E-state index contributed by atoms with van der Waals surface area (Å²) in [6.07, 6.45) is 1.91. The van der Waals surface area contributed by atoms with Gasteiger partial charge < -0.3 is 0 Å². The van der Waals surface area contributed by atoms with Crippen LogP contribution in [0.5, 0.6) is 0 Å². The van der Waals surface area contributed by atoms with Crippen molar-refractivity contribution in [1.29, 1.82) is 0 Å². The van der Waals surface area contributed by atoms with Crippen LogP contribution in [-0.4, -0.2) is 9.97 Å². The van der Waals surface area contributed by atoms with Crippen molar-refractivity contribution in [1.82, 2.24) is 9.97 Å². The first-order valence-corrected chi connectivity index (χ1v) is 13.6. The molecule has 6 aromatic rings. The summed E-state index contributed by atoms with van der Waals surface area (Å²) < 4.78 is 0. The fourth-order valence-corrected chi connectivity index (χ4v) is 6.03. The average Bonchev–Trinajstić information content (AvgIpc) is 2.98. The smallest absolute Gasteiger partial charge is 0.138 e. The maximum Gasteiger partial charge on any atom is 0.138 e. The number of fused-ring (bicyclic) bond motifs is 3. The Hall–Kier alpha value is -4.41. The largest absolute Gasteiger partial charge is 0.294 e. The van der Waals surface area contributed by atoms with Crippen molar-refractivity contribution in [2.45, 2.75) is 24.2 Å². The molecule has 0 spiro atoms. The van der Waals surface area contributed by atoms with Gasteiger partial charge in [0.1, 0.15) is 5.82 Å². The molecule has 0 bridgehead atoms. The SMILES string of the molecule is CC1(C)c2ccccc2N(c2cc(-c3ccccc3)ccn2)c2cc(-c3ccc4cccc(S)c4n3)ccc21. The molecule has 39 heavy (non-hydrogen) atoms. The van der Waals surface area contributed by atoms with Crippen molar-refractivity contribution in [3.05, 3.63) is 133 Å². The minimum atomic E-state index is -0.174. The van der Waals surface area contributed by atoms with Crippen molar-refractivity contribution < 1.29 is 0 Å². The van der Waals surface area contributed by atoms with E-state index in [1.807, 2.05) is 24.4 Å². The summed E-state index contributed by atoms with van der Waals surface area (Å²) in [4.78, 5) is 13.1. The molecule has 0 N–H and O–H groups in total. The predicted octanol–water partition coefficient (Wildman–Crippen LogP) is 9.36. The number of para-hydroxylation sites is 2. The van der Waals surface area contributed by atoms with Crippen LogP contribution >= 0.6 is 12.6 Å². The molecule has 0 atom stereocenters. The molecule has 0 fully saturated rings. The third kappa shape index (κ3) is 3.91. The number of pyridine rings is 2. The molecule has 0 saturated heterocycles. The molecule has 0 saturated carbocycles. The lowest BCUT2D eigenvalue weighted by Gasteiger charge is -2.41. The van der Waals surface area contributed by atoms with Crippen molar-refractivity contribution >= 4 is 40.7 Å².